The van der Waals surface area contributed by atoms with E-state index < -0.39 is 0 Å². The summed E-state index contributed by atoms with van der Waals surface area (Å²) in [4.78, 5) is 16.6. The van der Waals surface area contributed by atoms with E-state index in [1.165, 1.54) is 0 Å². The summed E-state index contributed by atoms with van der Waals surface area (Å²) in [7, 11) is 0. The van der Waals surface area contributed by atoms with Crippen molar-refractivity contribution in [3.8, 4) is 0 Å². The molecule has 1 aromatic heterocycles. The molecule has 0 saturated heterocycles. The highest BCUT2D eigenvalue weighted by molar-refractivity contribution is 5.37. The molecule has 0 amide bonds. The fourth-order valence-corrected chi connectivity index (χ4v) is 0.648. The third-order valence-electron chi connectivity index (χ3n) is 1.16. The summed E-state index contributed by atoms with van der Waals surface area (Å²) < 4.78 is 4.61. The van der Waals surface area contributed by atoms with Gasteiger partial charge in [-0.15, -0.1) is 0 Å². The number of nitrogens with one attached hydrogen (secondary N) is 1. The lowest BCUT2D eigenvalue weighted by atomic mass is 10.4. The molecule has 0 radical (unpaired) electrons. The van der Waals surface area contributed by atoms with Crippen molar-refractivity contribution in [1.82, 2.24) is 9.97 Å². The molecule has 1 rings (SSSR count). The first-order chi connectivity index (χ1) is 4.84. The van der Waals surface area contributed by atoms with Gasteiger partial charge in [-0.2, -0.15) is 0 Å². The van der Waals surface area contributed by atoms with Crippen LogP contribution in [0.4, 0.5) is 0 Å². The van der Waals surface area contributed by atoms with E-state index in [0.29, 0.717) is 12.3 Å². The second-order valence-electron chi connectivity index (χ2n) is 1.85. The zero-order valence-corrected chi connectivity index (χ0v) is 5.57. The van der Waals surface area contributed by atoms with E-state index in [1.807, 2.05) is 0 Å². The van der Waals surface area contributed by atoms with Crippen molar-refractivity contribution in [2.24, 2.45) is 0 Å². The summed E-state index contributed by atoms with van der Waals surface area (Å²) in [5.41, 5.74) is 0. The van der Waals surface area contributed by atoms with E-state index in [4.69, 9.17) is 0 Å². The normalized spacial score (nSPS) is 12.5. The van der Waals surface area contributed by atoms with Gasteiger partial charge < -0.3 is 9.72 Å². The number of rotatable bonds is 3. The van der Waals surface area contributed by atoms with Crippen LogP contribution in [-0.2, 0) is 9.53 Å². The number of ether oxygens (including phenoxy) is 1. The second kappa shape index (κ2) is 3.00. The van der Waals surface area contributed by atoms with Gasteiger partial charge >= 0.3 is 0 Å². The van der Waals surface area contributed by atoms with Gasteiger partial charge in [-0.25, -0.2) is 4.98 Å². The minimum atomic E-state index is -0.285. The molecular formula is C6H8N2O2. The minimum Gasteiger partial charge on any atom is -0.457 e. The quantitative estimate of drug-likeness (QED) is 0.627. The lowest BCUT2D eigenvalue weighted by molar-refractivity contribution is -0.133. The standard InChI is InChI=1S/C6H8N2O2/c1-5(10-4-9)6-7-2-3-8-6/h2-5H,1H3,(H,7,8). The molecule has 0 aromatic carbocycles. The fraction of sp³-hybridized carbons (Fsp3) is 0.333. The molecule has 54 valence electrons. The molecule has 0 fully saturated rings. The molecule has 4 nitrogen and oxygen atoms in total. The molecule has 1 aromatic rings. The van der Waals surface area contributed by atoms with Gasteiger partial charge in [0.25, 0.3) is 6.47 Å². The summed E-state index contributed by atoms with van der Waals surface area (Å²) in [5.74, 6) is 0.659. The number of imidazole rings is 1. The molecule has 1 unspecified atom stereocenters. The first-order valence-corrected chi connectivity index (χ1v) is 2.93. The van der Waals surface area contributed by atoms with Crippen LogP contribution in [0.25, 0.3) is 0 Å². The molecule has 0 spiro atoms. The Morgan fingerprint density at radius 1 is 1.90 bits per heavy atom. The van der Waals surface area contributed by atoms with Gasteiger partial charge in [0, 0.05) is 12.4 Å². The van der Waals surface area contributed by atoms with Crippen molar-refractivity contribution in [2.45, 2.75) is 13.0 Å². The molecule has 1 N–H and O–H groups in total. The Hall–Kier alpha value is -1.32. The van der Waals surface area contributed by atoms with Crippen molar-refractivity contribution in [3.05, 3.63) is 18.2 Å². The summed E-state index contributed by atoms with van der Waals surface area (Å²) >= 11 is 0. The van der Waals surface area contributed by atoms with Gasteiger partial charge in [-0.05, 0) is 6.92 Å². The third-order valence-corrected chi connectivity index (χ3v) is 1.16. The number of aromatic nitrogens is 2. The van der Waals surface area contributed by atoms with Gasteiger partial charge in [0.1, 0.15) is 5.82 Å². The number of carbonyl (C=O) groups is 1. The Kier molecular flexibility index (Phi) is 2.04. The molecule has 0 bridgehead atoms. The van der Waals surface area contributed by atoms with Crippen LogP contribution < -0.4 is 0 Å². The smallest absolute Gasteiger partial charge is 0.293 e. The van der Waals surface area contributed by atoms with Gasteiger partial charge in [-0.3, -0.25) is 4.79 Å². The van der Waals surface area contributed by atoms with Crippen LogP contribution in [0.3, 0.4) is 0 Å². The monoisotopic (exact) mass is 140 g/mol. The first kappa shape index (κ1) is 6.80. The second-order valence-corrected chi connectivity index (χ2v) is 1.85. The molecule has 10 heavy (non-hydrogen) atoms. The number of aromatic amines is 1. The van der Waals surface area contributed by atoms with Gasteiger partial charge in [0.15, 0.2) is 6.10 Å². The Morgan fingerprint density at radius 3 is 3.20 bits per heavy atom. The van der Waals surface area contributed by atoms with E-state index in [-0.39, 0.29) is 6.10 Å². The molecule has 0 aliphatic carbocycles. The van der Waals surface area contributed by atoms with Crippen LogP contribution in [0.15, 0.2) is 12.4 Å². The van der Waals surface area contributed by atoms with Crippen molar-refractivity contribution in [1.29, 1.82) is 0 Å². The van der Waals surface area contributed by atoms with Crippen molar-refractivity contribution < 1.29 is 9.53 Å². The van der Waals surface area contributed by atoms with Crippen LogP contribution in [0.5, 0.6) is 0 Å². The maximum absolute atomic E-state index is 9.85. The highest BCUT2D eigenvalue weighted by Crippen LogP contribution is 2.08. The average molecular weight is 140 g/mol. The average Bonchev–Trinajstić information content (AvgIpc) is 2.38. The number of H-pyrrole nitrogens is 1. The van der Waals surface area contributed by atoms with Crippen LogP contribution in [0, 0.1) is 0 Å². The summed E-state index contributed by atoms with van der Waals surface area (Å²) in [6.45, 7) is 2.15. The lowest BCUT2D eigenvalue weighted by Gasteiger charge is -2.03. The Labute approximate surface area is 58.2 Å². The van der Waals surface area contributed by atoms with Gasteiger partial charge in [0.2, 0.25) is 0 Å². The first-order valence-electron chi connectivity index (χ1n) is 2.93. The van der Waals surface area contributed by atoms with Crippen LogP contribution >= 0.6 is 0 Å². The molecule has 1 heterocycles. The van der Waals surface area contributed by atoms with E-state index >= 15 is 0 Å². The SMILES string of the molecule is CC(OC=O)c1ncc[nH]1. The van der Waals surface area contributed by atoms with Crippen molar-refractivity contribution in [3.63, 3.8) is 0 Å². The highest BCUT2D eigenvalue weighted by atomic mass is 16.5. The van der Waals surface area contributed by atoms with Crippen molar-refractivity contribution >= 4 is 6.47 Å². The summed E-state index contributed by atoms with van der Waals surface area (Å²) in [6, 6.07) is 0. The Morgan fingerprint density at radius 2 is 2.70 bits per heavy atom. The van der Waals surface area contributed by atoms with Gasteiger partial charge in [0.05, 0.1) is 0 Å². The minimum absolute atomic E-state index is 0.285. The van der Waals surface area contributed by atoms with E-state index in [1.54, 1.807) is 19.3 Å². The number of hydrogen-bond donors (Lipinski definition) is 1. The van der Waals surface area contributed by atoms with E-state index in [0.717, 1.165) is 0 Å². The predicted molar refractivity (Wildman–Crippen MR) is 34.2 cm³/mol. The number of carbonyl (C=O) groups excluding carboxylic acids is 1. The molecule has 0 aliphatic rings. The molecule has 0 saturated carbocycles. The van der Waals surface area contributed by atoms with Crippen LogP contribution in [-0.4, -0.2) is 16.4 Å². The zero-order chi connectivity index (χ0) is 7.40. The molecule has 1 atom stereocenters. The predicted octanol–water partition coefficient (Wildman–Crippen LogP) is 0.644. The molecule has 0 aliphatic heterocycles. The molecule has 4 heteroatoms. The topological polar surface area (TPSA) is 55.0 Å². The fourth-order valence-electron chi connectivity index (χ4n) is 0.648. The van der Waals surface area contributed by atoms with E-state index in [2.05, 4.69) is 14.7 Å². The summed E-state index contributed by atoms with van der Waals surface area (Å²) in [5, 5.41) is 0. The third kappa shape index (κ3) is 1.34. The van der Waals surface area contributed by atoms with Crippen LogP contribution in [0.1, 0.15) is 18.9 Å². The summed E-state index contributed by atoms with van der Waals surface area (Å²) in [6.07, 6.45) is 3.01. The lowest BCUT2D eigenvalue weighted by Crippen LogP contribution is -1.99. The largest absolute Gasteiger partial charge is 0.457 e. The molecular weight excluding hydrogens is 132 g/mol. The zero-order valence-electron chi connectivity index (χ0n) is 5.57. The maximum Gasteiger partial charge on any atom is 0.293 e. The van der Waals surface area contributed by atoms with Crippen LogP contribution in [0.2, 0.25) is 0 Å². The van der Waals surface area contributed by atoms with E-state index in [9.17, 15) is 4.79 Å². The Balaban J connectivity index is 2.58. The van der Waals surface area contributed by atoms with Gasteiger partial charge in [-0.1, -0.05) is 0 Å². The van der Waals surface area contributed by atoms with Crippen molar-refractivity contribution in [2.75, 3.05) is 0 Å². The highest BCUT2D eigenvalue weighted by Gasteiger charge is 2.05. The maximum atomic E-state index is 9.85. The number of nitrogens with zero attached hydrogens (tertiary/aromatic N) is 1. The number of hydrogen-bond acceptors (Lipinski definition) is 3. The Bertz CT molecular complexity index is 196.